The Morgan fingerprint density at radius 2 is 1.82 bits per heavy atom. The lowest BCUT2D eigenvalue weighted by atomic mass is 10.0. The zero-order chi connectivity index (χ0) is 23.8. The molecule has 2 aromatic carbocycles. The van der Waals surface area contributed by atoms with Gasteiger partial charge in [0.1, 0.15) is 5.71 Å². The van der Waals surface area contributed by atoms with Crippen LogP contribution in [0.2, 0.25) is 0 Å². The highest BCUT2D eigenvalue weighted by molar-refractivity contribution is 7.71. The maximum Gasteiger partial charge on any atom is 0.285 e. The normalized spacial score (nSPS) is 14.6. The number of aromatic nitrogens is 3. The van der Waals surface area contributed by atoms with E-state index in [0.717, 1.165) is 5.01 Å². The molecule has 11 heteroatoms. The minimum atomic E-state index is -0.651. The van der Waals surface area contributed by atoms with Crippen molar-refractivity contribution in [2.45, 2.75) is 0 Å². The number of H-pyrrole nitrogens is 1. The summed E-state index contributed by atoms with van der Waals surface area (Å²) in [4.78, 5) is 44.0. The van der Waals surface area contributed by atoms with Gasteiger partial charge in [-0.05, 0) is 30.4 Å². The van der Waals surface area contributed by atoms with Crippen LogP contribution in [0.4, 0.5) is 5.69 Å². The van der Waals surface area contributed by atoms with Gasteiger partial charge in [0.05, 0.1) is 21.5 Å². The number of nitro groups is 1. The second kappa shape index (κ2) is 8.30. The molecular weight excluding hydrogens is 456 g/mol. The molecule has 0 radical (unpaired) electrons. The Morgan fingerprint density at radius 3 is 2.53 bits per heavy atom. The number of rotatable bonds is 4. The maximum atomic E-state index is 13.4. The molecule has 0 saturated heterocycles. The third kappa shape index (κ3) is 3.59. The van der Waals surface area contributed by atoms with Gasteiger partial charge in [-0.15, -0.1) is 0 Å². The van der Waals surface area contributed by atoms with E-state index in [-0.39, 0.29) is 27.3 Å². The SMILES string of the molecule is O=C1/C(=C\n2c(=S)[nH]c3ccc([N+](=O)[O-])cc32)C(c2ccccc2)=NN1C(=O)c1ccncc1. The van der Waals surface area contributed by atoms with Gasteiger partial charge in [-0.1, -0.05) is 30.3 Å². The number of imide groups is 1. The highest BCUT2D eigenvalue weighted by Crippen LogP contribution is 2.26. The van der Waals surface area contributed by atoms with E-state index in [1.807, 2.05) is 6.07 Å². The first-order chi connectivity index (χ1) is 16.4. The zero-order valence-electron chi connectivity index (χ0n) is 17.3. The van der Waals surface area contributed by atoms with Crippen LogP contribution in [0.1, 0.15) is 15.9 Å². The predicted octanol–water partition coefficient (Wildman–Crippen LogP) is 3.93. The number of benzene rings is 2. The average molecular weight is 470 g/mol. The Bertz CT molecular complexity index is 1590. The summed E-state index contributed by atoms with van der Waals surface area (Å²) in [6, 6.07) is 16.2. The first kappa shape index (κ1) is 21.1. The quantitative estimate of drug-likeness (QED) is 0.158. The number of nitro benzene ring substituents is 1. The Kier molecular flexibility index (Phi) is 5.15. The molecule has 1 aliphatic rings. The Morgan fingerprint density at radius 1 is 1.09 bits per heavy atom. The molecule has 2 aromatic heterocycles. The molecule has 1 N–H and O–H groups in total. The Balaban J connectivity index is 1.68. The lowest BCUT2D eigenvalue weighted by molar-refractivity contribution is -0.384. The van der Waals surface area contributed by atoms with Crippen LogP contribution in [-0.2, 0) is 4.79 Å². The summed E-state index contributed by atoms with van der Waals surface area (Å²) in [6.45, 7) is 0. The molecule has 5 rings (SSSR count). The molecule has 34 heavy (non-hydrogen) atoms. The number of nitrogens with one attached hydrogen (secondary N) is 1. The third-order valence-electron chi connectivity index (χ3n) is 5.22. The van der Waals surface area contributed by atoms with Crippen molar-refractivity contribution < 1.29 is 14.5 Å². The molecule has 166 valence electrons. The number of aromatic amines is 1. The highest BCUT2D eigenvalue weighted by atomic mass is 32.1. The fraction of sp³-hybridized carbons (Fsp3) is 0. The first-order valence-corrected chi connectivity index (χ1v) is 10.4. The minimum absolute atomic E-state index is 0.108. The largest absolute Gasteiger partial charge is 0.330 e. The second-order valence-electron chi connectivity index (χ2n) is 7.27. The van der Waals surface area contributed by atoms with Gasteiger partial charge in [0.25, 0.3) is 17.5 Å². The summed E-state index contributed by atoms with van der Waals surface area (Å²) in [5, 5.41) is 16.4. The van der Waals surface area contributed by atoms with Crippen molar-refractivity contribution in [3.05, 3.63) is 105 Å². The zero-order valence-corrected chi connectivity index (χ0v) is 18.1. The van der Waals surface area contributed by atoms with Crippen LogP contribution in [0.25, 0.3) is 17.2 Å². The summed E-state index contributed by atoms with van der Waals surface area (Å²) in [7, 11) is 0. The van der Waals surface area contributed by atoms with E-state index in [9.17, 15) is 19.7 Å². The van der Waals surface area contributed by atoms with Crippen LogP contribution in [0, 0.1) is 14.9 Å². The number of amides is 2. The van der Waals surface area contributed by atoms with Gasteiger partial charge in [-0.25, -0.2) is 0 Å². The lowest BCUT2D eigenvalue weighted by Gasteiger charge is -2.09. The summed E-state index contributed by atoms with van der Waals surface area (Å²) >= 11 is 5.40. The first-order valence-electron chi connectivity index (χ1n) is 9.98. The summed E-state index contributed by atoms with van der Waals surface area (Å²) < 4.78 is 1.69. The molecule has 0 atom stereocenters. The van der Waals surface area contributed by atoms with Crippen LogP contribution < -0.4 is 0 Å². The van der Waals surface area contributed by atoms with Crippen LogP contribution in [0.3, 0.4) is 0 Å². The molecule has 0 saturated carbocycles. The van der Waals surface area contributed by atoms with Crippen LogP contribution in [-0.4, -0.2) is 42.0 Å². The molecule has 0 aliphatic carbocycles. The molecule has 1 aliphatic heterocycles. The lowest BCUT2D eigenvalue weighted by Crippen LogP contribution is -2.29. The number of pyridine rings is 1. The highest BCUT2D eigenvalue weighted by Gasteiger charge is 2.36. The van der Waals surface area contributed by atoms with E-state index >= 15 is 0 Å². The van der Waals surface area contributed by atoms with Gasteiger partial charge in [-0.3, -0.25) is 29.3 Å². The third-order valence-corrected chi connectivity index (χ3v) is 5.51. The number of carbonyl (C=O) groups excluding carboxylic acids is 2. The van der Waals surface area contributed by atoms with Gasteiger partial charge in [-0.2, -0.15) is 10.1 Å². The number of fused-ring (bicyclic) bond motifs is 1. The number of imidazole rings is 1. The molecule has 3 heterocycles. The summed E-state index contributed by atoms with van der Waals surface area (Å²) in [5.74, 6) is -1.26. The van der Waals surface area contributed by atoms with E-state index in [1.165, 1.54) is 47.4 Å². The van der Waals surface area contributed by atoms with Crippen molar-refractivity contribution in [1.82, 2.24) is 19.5 Å². The standard InChI is InChI=1S/C23H14N6O4S/c30-21(15-8-10-24-11-9-15)28-22(31)17(20(26-28)14-4-2-1-3-5-14)13-27-19-12-16(29(32)33)6-7-18(19)25-23(27)34/h1-13H,(H,25,34)/b17-13-. The van der Waals surface area contributed by atoms with E-state index in [4.69, 9.17) is 12.2 Å². The maximum absolute atomic E-state index is 13.4. The molecular formula is C23H14N6O4S. The second-order valence-corrected chi connectivity index (χ2v) is 7.66. The smallest absolute Gasteiger partial charge is 0.285 e. The predicted molar refractivity (Wildman–Crippen MR) is 126 cm³/mol. The molecule has 0 unspecified atom stereocenters. The number of hydrogen-bond donors (Lipinski definition) is 1. The van der Waals surface area contributed by atoms with Crippen molar-refractivity contribution in [3.8, 4) is 0 Å². The monoisotopic (exact) mass is 470 g/mol. The number of carbonyl (C=O) groups is 2. The van der Waals surface area contributed by atoms with Crippen molar-refractivity contribution in [2.75, 3.05) is 0 Å². The molecule has 0 spiro atoms. The fourth-order valence-corrected chi connectivity index (χ4v) is 3.84. The number of hydrazone groups is 1. The van der Waals surface area contributed by atoms with Gasteiger partial charge < -0.3 is 4.98 Å². The molecule has 10 nitrogen and oxygen atoms in total. The van der Waals surface area contributed by atoms with Crippen molar-refractivity contribution in [3.63, 3.8) is 0 Å². The topological polar surface area (TPSA) is 126 Å². The van der Waals surface area contributed by atoms with E-state index in [2.05, 4.69) is 15.1 Å². The fourth-order valence-electron chi connectivity index (χ4n) is 3.58. The summed E-state index contributed by atoms with van der Waals surface area (Å²) in [6.07, 6.45) is 4.34. The molecule has 0 fully saturated rings. The summed E-state index contributed by atoms with van der Waals surface area (Å²) in [5.41, 5.74) is 2.08. The number of non-ortho nitro benzene ring substituents is 1. The Labute approximate surface area is 196 Å². The van der Waals surface area contributed by atoms with Crippen LogP contribution in [0.15, 0.2) is 83.7 Å². The van der Waals surface area contributed by atoms with Gasteiger partial charge in [0.15, 0.2) is 4.77 Å². The van der Waals surface area contributed by atoms with Crippen LogP contribution >= 0.6 is 12.2 Å². The van der Waals surface area contributed by atoms with E-state index in [0.29, 0.717) is 16.6 Å². The number of nitrogens with zero attached hydrogens (tertiary/aromatic N) is 5. The molecule has 0 bridgehead atoms. The number of hydrogen-bond acceptors (Lipinski definition) is 7. The van der Waals surface area contributed by atoms with Gasteiger partial charge >= 0.3 is 0 Å². The Hall–Kier alpha value is -4.77. The van der Waals surface area contributed by atoms with E-state index < -0.39 is 16.7 Å². The van der Waals surface area contributed by atoms with E-state index in [1.54, 1.807) is 30.3 Å². The van der Waals surface area contributed by atoms with Crippen molar-refractivity contribution >= 4 is 52.7 Å². The molecule has 4 aromatic rings. The minimum Gasteiger partial charge on any atom is -0.330 e. The average Bonchev–Trinajstić information content (AvgIpc) is 3.35. The van der Waals surface area contributed by atoms with Gasteiger partial charge in [0.2, 0.25) is 0 Å². The molecule has 2 amide bonds. The van der Waals surface area contributed by atoms with Crippen molar-refractivity contribution in [1.29, 1.82) is 0 Å². The van der Waals surface area contributed by atoms with Gasteiger partial charge in [0, 0.05) is 41.9 Å². The van der Waals surface area contributed by atoms with Crippen molar-refractivity contribution in [2.24, 2.45) is 5.10 Å². The van der Waals surface area contributed by atoms with Crippen LogP contribution in [0.5, 0.6) is 0 Å².